The van der Waals surface area contributed by atoms with Gasteiger partial charge >= 0.3 is 5.97 Å². The Hall–Kier alpha value is -2.57. The van der Waals surface area contributed by atoms with Crippen LogP contribution in [-0.4, -0.2) is 43.1 Å². The molecule has 1 aliphatic carbocycles. The summed E-state index contributed by atoms with van der Waals surface area (Å²) in [7, 11) is 0. The van der Waals surface area contributed by atoms with Gasteiger partial charge in [-0.2, -0.15) is 0 Å². The Morgan fingerprint density at radius 3 is 2.56 bits per heavy atom. The summed E-state index contributed by atoms with van der Waals surface area (Å²) < 4.78 is 10.4. The molecular weight excluding hydrogens is 348 g/mol. The number of esters is 1. The van der Waals surface area contributed by atoms with Crippen LogP contribution < -0.4 is 15.4 Å². The summed E-state index contributed by atoms with van der Waals surface area (Å²) in [6.07, 6.45) is 3.43. The minimum Gasteiger partial charge on any atom is -0.484 e. The van der Waals surface area contributed by atoms with Crippen molar-refractivity contribution in [1.29, 1.82) is 0 Å². The maximum atomic E-state index is 12.2. The molecule has 0 spiro atoms. The van der Waals surface area contributed by atoms with Crippen molar-refractivity contribution in [2.45, 2.75) is 51.7 Å². The number of carbonyl (C=O) groups is 3. The number of amides is 2. The largest absolute Gasteiger partial charge is 0.484 e. The van der Waals surface area contributed by atoms with Crippen LogP contribution in [0.2, 0.25) is 0 Å². The molecule has 1 aromatic rings. The maximum absolute atomic E-state index is 12.2. The molecule has 0 heterocycles. The van der Waals surface area contributed by atoms with Gasteiger partial charge in [-0.05, 0) is 37.8 Å². The molecule has 1 aromatic carbocycles. The molecule has 3 atom stereocenters. The predicted octanol–water partition coefficient (Wildman–Crippen LogP) is 1.81. The van der Waals surface area contributed by atoms with E-state index >= 15 is 0 Å². The topological polar surface area (TPSA) is 93.7 Å². The van der Waals surface area contributed by atoms with Gasteiger partial charge in [-0.1, -0.05) is 38.0 Å². The smallest absolute Gasteiger partial charge is 0.326 e. The number of carbonyl (C=O) groups excluding carboxylic acids is 3. The average molecular weight is 376 g/mol. The summed E-state index contributed by atoms with van der Waals surface area (Å²) in [5, 5.41) is 5.37. The molecule has 1 saturated carbocycles. The number of rotatable bonds is 8. The van der Waals surface area contributed by atoms with Gasteiger partial charge in [0, 0.05) is 6.04 Å². The second-order valence-corrected chi connectivity index (χ2v) is 6.89. The van der Waals surface area contributed by atoms with E-state index in [1.54, 1.807) is 24.3 Å². The summed E-state index contributed by atoms with van der Waals surface area (Å²) >= 11 is 0. The lowest BCUT2D eigenvalue weighted by Gasteiger charge is -2.30. The van der Waals surface area contributed by atoms with E-state index in [1.165, 1.54) is 13.3 Å². The number of nitrogens with one attached hydrogen (secondary N) is 2. The molecule has 0 aromatic heterocycles. The molecule has 148 valence electrons. The van der Waals surface area contributed by atoms with Crippen molar-refractivity contribution >= 4 is 17.8 Å². The van der Waals surface area contributed by atoms with Crippen LogP contribution in [-0.2, 0) is 19.1 Å². The van der Waals surface area contributed by atoms with Gasteiger partial charge in [0.1, 0.15) is 12.3 Å². The van der Waals surface area contributed by atoms with Gasteiger partial charge in [0.15, 0.2) is 12.7 Å². The van der Waals surface area contributed by atoms with Crippen molar-refractivity contribution in [2.24, 2.45) is 5.92 Å². The molecule has 2 rings (SSSR count). The van der Waals surface area contributed by atoms with E-state index in [0.29, 0.717) is 11.7 Å². The van der Waals surface area contributed by atoms with Crippen LogP contribution in [0.1, 0.15) is 39.5 Å². The fraction of sp³-hybridized carbons (Fsp3) is 0.550. The third-order valence-corrected chi connectivity index (χ3v) is 4.66. The van der Waals surface area contributed by atoms with Crippen molar-refractivity contribution < 1.29 is 23.9 Å². The van der Waals surface area contributed by atoms with Crippen LogP contribution in [0.4, 0.5) is 0 Å². The van der Waals surface area contributed by atoms with Gasteiger partial charge in [-0.3, -0.25) is 14.4 Å². The predicted molar refractivity (Wildman–Crippen MR) is 100 cm³/mol. The molecule has 7 heteroatoms. The molecule has 0 saturated heterocycles. The summed E-state index contributed by atoms with van der Waals surface area (Å²) in [6.45, 7) is 3.14. The van der Waals surface area contributed by atoms with E-state index in [0.717, 1.165) is 19.3 Å². The normalized spacial score (nSPS) is 20.2. The molecule has 1 aliphatic rings. The lowest BCUT2D eigenvalue weighted by Crippen LogP contribution is -2.46. The highest BCUT2D eigenvalue weighted by Gasteiger charge is 2.26. The van der Waals surface area contributed by atoms with Crippen LogP contribution in [0.25, 0.3) is 0 Å². The van der Waals surface area contributed by atoms with Gasteiger partial charge in [-0.15, -0.1) is 0 Å². The Morgan fingerprint density at radius 1 is 1.15 bits per heavy atom. The molecule has 1 fully saturated rings. The Morgan fingerprint density at radius 2 is 1.85 bits per heavy atom. The monoisotopic (exact) mass is 376 g/mol. The second kappa shape index (κ2) is 10.5. The molecule has 0 radical (unpaired) electrons. The van der Waals surface area contributed by atoms with Crippen LogP contribution >= 0.6 is 0 Å². The van der Waals surface area contributed by atoms with E-state index < -0.39 is 18.0 Å². The molecule has 27 heavy (non-hydrogen) atoms. The van der Waals surface area contributed by atoms with Crippen molar-refractivity contribution in [3.63, 3.8) is 0 Å². The van der Waals surface area contributed by atoms with Crippen LogP contribution in [0.3, 0.4) is 0 Å². The fourth-order valence-corrected chi connectivity index (χ4v) is 3.01. The van der Waals surface area contributed by atoms with E-state index in [9.17, 15) is 14.4 Å². The van der Waals surface area contributed by atoms with Crippen LogP contribution in [0.15, 0.2) is 30.3 Å². The number of para-hydroxylation sites is 1. The van der Waals surface area contributed by atoms with Gasteiger partial charge in [0.2, 0.25) is 0 Å². The van der Waals surface area contributed by atoms with Gasteiger partial charge < -0.3 is 20.1 Å². The number of hydrogen-bond acceptors (Lipinski definition) is 5. The van der Waals surface area contributed by atoms with Crippen molar-refractivity contribution in [3.05, 3.63) is 30.3 Å². The van der Waals surface area contributed by atoms with Crippen molar-refractivity contribution in [1.82, 2.24) is 10.6 Å². The molecule has 0 aliphatic heterocycles. The minimum atomic E-state index is -0.899. The maximum Gasteiger partial charge on any atom is 0.326 e. The lowest BCUT2D eigenvalue weighted by molar-refractivity contribution is -0.155. The highest BCUT2D eigenvalue weighted by molar-refractivity contribution is 5.86. The minimum absolute atomic E-state index is 0.127. The molecule has 2 N–H and O–H groups in total. The Kier molecular flexibility index (Phi) is 8.10. The highest BCUT2D eigenvalue weighted by Crippen LogP contribution is 2.23. The van der Waals surface area contributed by atoms with Gasteiger partial charge in [0.05, 0.1) is 0 Å². The first-order valence-electron chi connectivity index (χ1n) is 9.40. The Balaban J connectivity index is 1.65. The third kappa shape index (κ3) is 7.29. The third-order valence-electron chi connectivity index (χ3n) is 4.66. The number of hydrogen-bond donors (Lipinski definition) is 2. The number of benzene rings is 1. The molecular formula is C20H28N2O5. The Labute approximate surface area is 159 Å². The molecule has 3 unspecified atom stereocenters. The van der Waals surface area contributed by atoms with E-state index in [1.807, 2.05) is 6.07 Å². The zero-order valence-corrected chi connectivity index (χ0v) is 15.9. The summed E-state index contributed by atoms with van der Waals surface area (Å²) in [6, 6.07) is 9.03. The van der Waals surface area contributed by atoms with Crippen molar-refractivity contribution in [3.8, 4) is 5.75 Å². The quantitative estimate of drug-likeness (QED) is 0.675. The fourth-order valence-electron chi connectivity index (χ4n) is 3.01. The zero-order chi connectivity index (χ0) is 19.6. The van der Waals surface area contributed by atoms with Crippen LogP contribution in [0.5, 0.6) is 5.75 Å². The number of ether oxygens (including phenoxy) is 2. The van der Waals surface area contributed by atoms with Gasteiger partial charge in [-0.25, -0.2) is 0 Å². The van der Waals surface area contributed by atoms with E-state index in [4.69, 9.17) is 9.47 Å². The van der Waals surface area contributed by atoms with E-state index in [2.05, 4.69) is 17.6 Å². The summed E-state index contributed by atoms with van der Waals surface area (Å²) in [4.78, 5) is 35.7. The van der Waals surface area contributed by atoms with Gasteiger partial charge in [0.25, 0.3) is 11.8 Å². The first-order chi connectivity index (χ1) is 13.0. The Bertz CT molecular complexity index is 635. The van der Waals surface area contributed by atoms with E-state index in [-0.39, 0.29) is 25.1 Å². The summed E-state index contributed by atoms with van der Waals surface area (Å²) in [5.41, 5.74) is 0. The molecule has 2 amide bonds. The second-order valence-electron chi connectivity index (χ2n) is 6.89. The molecule has 7 nitrogen and oxygen atoms in total. The standard InChI is InChI=1S/C20H28N2O5/c1-14-8-6-7-11-17(14)22-20(25)15(2)27-19(24)12-21-18(23)13-26-16-9-4-3-5-10-16/h3-5,9-10,14-15,17H,6-8,11-13H2,1-2H3,(H,21,23)(H,22,25). The lowest BCUT2D eigenvalue weighted by atomic mass is 9.86. The SMILES string of the molecule is CC(OC(=O)CNC(=O)COc1ccccc1)C(=O)NC1CCCCC1C. The first-order valence-corrected chi connectivity index (χ1v) is 9.40. The molecule has 0 bridgehead atoms. The van der Waals surface area contributed by atoms with Crippen LogP contribution in [0, 0.1) is 5.92 Å². The highest BCUT2D eigenvalue weighted by atomic mass is 16.5. The van der Waals surface area contributed by atoms with Crippen molar-refractivity contribution in [2.75, 3.05) is 13.2 Å². The average Bonchev–Trinajstić information content (AvgIpc) is 2.67. The summed E-state index contributed by atoms with van der Waals surface area (Å²) in [5.74, 6) is -0.417. The first kappa shape index (κ1) is 20.7. The zero-order valence-electron chi connectivity index (χ0n) is 15.9.